The number of nitrogens with two attached hydrogens (primary N) is 1. The van der Waals surface area contributed by atoms with Gasteiger partial charge in [0.05, 0.1) is 0 Å². The second-order valence-corrected chi connectivity index (χ2v) is 19.3. The third-order valence-corrected chi connectivity index (χ3v) is 1.51. The van der Waals surface area contributed by atoms with Crippen molar-refractivity contribution >= 4 is 43.4 Å². The Morgan fingerprint density at radius 1 is 1.15 bits per heavy atom. The number of rotatable bonds is 3. The first kappa shape index (κ1) is 14.1. The molecule has 0 aliphatic carbocycles. The molecular weight excluding hydrogens is 489 g/mol. The molecule has 1 aromatic rings. The van der Waals surface area contributed by atoms with Crippen LogP contribution < -0.4 is 5.73 Å². The van der Waals surface area contributed by atoms with E-state index >= 15 is 0 Å². The van der Waals surface area contributed by atoms with Gasteiger partial charge >= 0.3 is 43.4 Å². The summed E-state index contributed by atoms with van der Waals surface area (Å²) in [5, 5.41) is 0. The van der Waals surface area contributed by atoms with Gasteiger partial charge in [0.2, 0.25) is 0 Å². The third kappa shape index (κ3) is 9.37. The topological polar surface area (TPSA) is 26.0 Å². The first-order chi connectivity index (χ1) is 6.35. The molecule has 0 aromatic heterocycles. The summed E-state index contributed by atoms with van der Waals surface area (Å²) in [4.78, 5) is 0. The van der Waals surface area contributed by atoms with Crippen LogP contribution in [0.2, 0.25) is 0 Å². The van der Waals surface area contributed by atoms with Gasteiger partial charge in [-0.3, -0.25) is 0 Å². The van der Waals surface area contributed by atoms with E-state index in [9.17, 15) is 0 Å². The van der Waals surface area contributed by atoms with Crippen molar-refractivity contribution in [3.05, 3.63) is 35.9 Å². The van der Waals surface area contributed by atoms with Crippen LogP contribution in [0.25, 0.3) is 0 Å². The molecule has 0 saturated carbocycles. The summed E-state index contributed by atoms with van der Waals surface area (Å²) in [6, 6.07) is 10.4. The monoisotopic (exact) mass is 501 g/mol. The molecule has 0 fully saturated rings. The van der Waals surface area contributed by atoms with Crippen molar-refractivity contribution in [3.63, 3.8) is 0 Å². The van der Waals surface area contributed by atoms with E-state index in [2.05, 4.69) is 48.2 Å². The van der Waals surface area contributed by atoms with E-state index in [-0.39, 0.29) is 19.4 Å². The average molecular weight is 502 g/mol. The molecule has 2 radical (unpaired) electrons. The van der Waals surface area contributed by atoms with Crippen molar-refractivity contribution in [1.82, 2.24) is 0 Å². The van der Waals surface area contributed by atoms with Gasteiger partial charge in [0, 0.05) is 0 Å². The van der Waals surface area contributed by atoms with Crippen molar-refractivity contribution in [2.45, 2.75) is 12.8 Å². The minimum atomic E-state index is -0.292. The number of hydrogen-bond donors (Lipinski definition) is 1. The summed E-state index contributed by atoms with van der Waals surface area (Å²) in [6.45, 7) is 0.787. The van der Waals surface area contributed by atoms with Crippen LogP contribution in [0.1, 0.15) is 12.0 Å². The second kappa shape index (κ2) is 11.1. The Kier molecular flexibility index (Phi) is 12.0. The zero-order chi connectivity index (χ0) is 9.94. The molecule has 1 aromatic carbocycles. The quantitative estimate of drug-likeness (QED) is 0.633. The summed E-state index contributed by atoms with van der Waals surface area (Å²) in [5.41, 5.74) is 6.76. The molecule has 0 aliphatic rings. The second-order valence-electron chi connectivity index (χ2n) is 2.45. The number of halogens is 2. The Bertz CT molecular complexity index is 194. The van der Waals surface area contributed by atoms with Gasteiger partial charge in [0.25, 0.3) is 0 Å². The molecule has 0 bridgehead atoms. The zero-order valence-electron chi connectivity index (χ0n) is 7.34. The fourth-order valence-corrected chi connectivity index (χ4v) is 0.951. The van der Waals surface area contributed by atoms with E-state index in [1.807, 2.05) is 6.07 Å². The van der Waals surface area contributed by atoms with Gasteiger partial charge in [-0.15, -0.1) is 0 Å². The van der Waals surface area contributed by atoms with Gasteiger partial charge in [-0.1, -0.05) is 30.3 Å². The molecule has 0 spiro atoms. The van der Waals surface area contributed by atoms with Crippen LogP contribution in [0, 0.1) is 0 Å². The SMILES string of the molecule is NCCCc1ccccc1.[Br][Pb][Br]. The summed E-state index contributed by atoms with van der Waals surface area (Å²) >= 11 is 6.22. The van der Waals surface area contributed by atoms with Crippen molar-refractivity contribution in [2.75, 3.05) is 6.54 Å². The number of aryl methyl sites for hydroxylation is 1. The van der Waals surface area contributed by atoms with E-state index < -0.39 is 0 Å². The Morgan fingerprint density at radius 3 is 2.15 bits per heavy atom. The number of hydrogen-bond acceptors (Lipinski definition) is 1. The number of benzene rings is 1. The minimum absolute atomic E-state index is 0.292. The summed E-state index contributed by atoms with van der Waals surface area (Å²) in [7, 11) is 0. The summed E-state index contributed by atoms with van der Waals surface area (Å²) in [6.07, 6.45) is 2.20. The predicted molar refractivity (Wildman–Crippen MR) is 67.4 cm³/mol. The van der Waals surface area contributed by atoms with Gasteiger partial charge in [-0.25, -0.2) is 0 Å². The first-order valence-corrected chi connectivity index (χ1v) is 20.9. The van der Waals surface area contributed by atoms with Gasteiger partial charge in [-0.2, -0.15) is 0 Å². The Balaban J connectivity index is 0.000000424. The Morgan fingerprint density at radius 2 is 1.69 bits per heavy atom. The van der Waals surface area contributed by atoms with Gasteiger partial charge < -0.3 is 5.73 Å². The van der Waals surface area contributed by atoms with Gasteiger partial charge in [0.15, 0.2) is 0 Å². The molecule has 0 aliphatic heterocycles. The van der Waals surface area contributed by atoms with Crippen molar-refractivity contribution < 1.29 is 0 Å². The molecule has 0 amide bonds. The van der Waals surface area contributed by atoms with Crippen LogP contribution >= 0.6 is 24.0 Å². The van der Waals surface area contributed by atoms with Crippen LogP contribution in [-0.4, -0.2) is 26.0 Å². The van der Waals surface area contributed by atoms with Crippen LogP contribution in [0.4, 0.5) is 0 Å². The first-order valence-electron chi connectivity index (χ1n) is 4.05. The fraction of sp³-hybridized carbons (Fsp3) is 0.333. The van der Waals surface area contributed by atoms with E-state index in [4.69, 9.17) is 5.73 Å². The summed E-state index contributed by atoms with van der Waals surface area (Å²) in [5.74, 6) is 0. The van der Waals surface area contributed by atoms with Gasteiger partial charge in [-0.05, 0) is 24.9 Å². The van der Waals surface area contributed by atoms with Crippen LogP contribution in [0.5, 0.6) is 0 Å². The molecular formula is C9H13Br2NPb. The van der Waals surface area contributed by atoms with E-state index in [1.165, 1.54) is 5.56 Å². The molecule has 72 valence electrons. The Labute approximate surface area is 103 Å². The maximum absolute atomic E-state index is 5.38. The average Bonchev–Trinajstić information content (AvgIpc) is 2.18. The summed E-state index contributed by atoms with van der Waals surface area (Å²) < 4.78 is 0. The van der Waals surface area contributed by atoms with Crippen molar-refractivity contribution in [3.8, 4) is 0 Å². The molecule has 1 rings (SSSR count). The van der Waals surface area contributed by atoms with E-state index in [1.54, 1.807) is 0 Å². The molecule has 4 heteroatoms. The fourth-order valence-electron chi connectivity index (χ4n) is 0.951. The third-order valence-electron chi connectivity index (χ3n) is 1.51. The van der Waals surface area contributed by atoms with Crippen molar-refractivity contribution in [1.29, 1.82) is 0 Å². The van der Waals surface area contributed by atoms with E-state index in [0.717, 1.165) is 19.4 Å². The predicted octanol–water partition coefficient (Wildman–Crippen LogP) is 2.89. The molecule has 1 nitrogen and oxygen atoms in total. The van der Waals surface area contributed by atoms with Crippen LogP contribution in [0.3, 0.4) is 0 Å². The molecule has 0 heterocycles. The zero-order valence-corrected chi connectivity index (χ0v) is 14.4. The molecule has 13 heavy (non-hydrogen) atoms. The Hall–Kier alpha value is 1.06. The van der Waals surface area contributed by atoms with Crippen LogP contribution in [-0.2, 0) is 6.42 Å². The molecule has 0 saturated heterocycles. The normalized spacial score (nSPS) is 8.85. The van der Waals surface area contributed by atoms with Gasteiger partial charge in [0.1, 0.15) is 0 Å². The van der Waals surface area contributed by atoms with Crippen LogP contribution in [0.15, 0.2) is 30.3 Å². The van der Waals surface area contributed by atoms with E-state index in [0.29, 0.717) is 0 Å². The standard InChI is InChI=1S/C9H13N.2BrH.Pb/c10-8-4-7-9-5-2-1-3-6-9;;;/h1-3,5-6H,4,7-8,10H2;2*1H;/q;;;+2/p-2. The molecule has 0 atom stereocenters. The van der Waals surface area contributed by atoms with Crippen molar-refractivity contribution in [2.24, 2.45) is 5.73 Å². The molecule has 2 N–H and O–H groups in total. The maximum atomic E-state index is 5.38. The molecule has 0 unspecified atom stereocenters.